The van der Waals surface area contributed by atoms with Crippen molar-refractivity contribution in [2.45, 2.75) is 32.7 Å². The van der Waals surface area contributed by atoms with Crippen LogP contribution in [0.2, 0.25) is 0 Å². The molecule has 4 rings (SSSR count). The van der Waals surface area contributed by atoms with E-state index in [1.807, 2.05) is 49.5 Å². The molecule has 6 heteroatoms. The standard InChI is InChI=1S/C26H28N2O4/c1-3-21-22(26(29)30)7-4-8-23(21)28(16-19-6-5-13-27-15-19)20-11-12-24(31-2)25(14-20)32-17-18-9-10-18/h4-8,11-15,18H,3,9-10,16-17H2,1-2H3,(H,29,30). The summed E-state index contributed by atoms with van der Waals surface area (Å²) in [6.45, 7) is 3.20. The average Bonchev–Trinajstić information content (AvgIpc) is 3.65. The van der Waals surface area contributed by atoms with E-state index < -0.39 is 5.97 Å². The number of carboxylic acids is 1. The van der Waals surface area contributed by atoms with Gasteiger partial charge in [0.05, 0.1) is 19.3 Å². The zero-order chi connectivity index (χ0) is 22.5. The predicted octanol–water partition coefficient (Wildman–Crippen LogP) is 5.48. The van der Waals surface area contributed by atoms with E-state index in [1.54, 1.807) is 25.4 Å². The fourth-order valence-electron chi connectivity index (χ4n) is 3.83. The number of rotatable bonds is 10. The zero-order valence-corrected chi connectivity index (χ0v) is 18.5. The molecule has 1 aromatic heterocycles. The number of benzene rings is 2. The van der Waals surface area contributed by atoms with Crippen LogP contribution in [0.1, 0.15) is 41.3 Å². The first kappa shape index (κ1) is 21.7. The smallest absolute Gasteiger partial charge is 0.336 e. The summed E-state index contributed by atoms with van der Waals surface area (Å²) in [6.07, 6.45) is 6.58. The molecule has 0 saturated heterocycles. The van der Waals surface area contributed by atoms with Gasteiger partial charge >= 0.3 is 5.97 Å². The van der Waals surface area contributed by atoms with Crippen molar-refractivity contribution < 1.29 is 19.4 Å². The van der Waals surface area contributed by atoms with Crippen LogP contribution < -0.4 is 14.4 Å². The largest absolute Gasteiger partial charge is 0.493 e. The molecule has 6 nitrogen and oxygen atoms in total. The van der Waals surface area contributed by atoms with E-state index >= 15 is 0 Å². The molecule has 0 bridgehead atoms. The molecule has 1 heterocycles. The SMILES string of the molecule is CCc1c(C(=O)O)cccc1N(Cc1cccnc1)c1ccc(OC)c(OCC2CC2)c1. The van der Waals surface area contributed by atoms with Gasteiger partial charge in [-0.3, -0.25) is 4.98 Å². The summed E-state index contributed by atoms with van der Waals surface area (Å²) in [5.74, 6) is 1.08. The number of ether oxygens (including phenoxy) is 2. The summed E-state index contributed by atoms with van der Waals surface area (Å²) in [5, 5.41) is 9.74. The number of hydrogen-bond donors (Lipinski definition) is 1. The second-order valence-corrected chi connectivity index (χ2v) is 8.00. The van der Waals surface area contributed by atoms with Crippen LogP contribution in [-0.4, -0.2) is 29.8 Å². The van der Waals surface area contributed by atoms with E-state index in [2.05, 4.69) is 9.88 Å². The molecule has 1 N–H and O–H groups in total. The number of aromatic nitrogens is 1. The van der Waals surface area contributed by atoms with Crippen molar-refractivity contribution in [3.05, 3.63) is 77.6 Å². The van der Waals surface area contributed by atoms with Crippen molar-refractivity contribution in [1.29, 1.82) is 0 Å². The highest BCUT2D eigenvalue weighted by Gasteiger charge is 2.24. The molecular formula is C26H28N2O4. The number of carbonyl (C=O) groups is 1. The molecule has 1 saturated carbocycles. The number of anilines is 2. The Morgan fingerprint density at radius 1 is 1.16 bits per heavy atom. The van der Waals surface area contributed by atoms with E-state index in [9.17, 15) is 9.90 Å². The van der Waals surface area contributed by atoms with Crippen molar-refractivity contribution >= 4 is 17.3 Å². The number of pyridine rings is 1. The number of hydrogen-bond acceptors (Lipinski definition) is 5. The molecule has 32 heavy (non-hydrogen) atoms. The highest BCUT2D eigenvalue weighted by atomic mass is 16.5. The van der Waals surface area contributed by atoms with Gasteiger partial charge in [0.1, 0.15) is 0 Å². The van der Waals surface area contributed by atoms with E-state index in [4.69, 9.17) is 9.47 Å². The Bertz CT molecular complexity index is 1080. The lowest BCUT2D eigenvalue weighted by molar-refractivity contribution is 0.0695. The lowest BCUT2D eigenvalue weighted by atomic mass is 10.0. The quantitative estimate of drug-likeness (QED) is 0.458. The Kier molecular flexibility index (Phi) is 6.59. The fraction of sp³-hybridized carbons (Fsp3) is 0.308. The van der Waals surface area contributed by atoms with Gasteiger partial charge in [-0.15, -0.1) is 0 Å². The third-order valence-corrected chi connectivity index (χ3v) is 5.72. The monoisotopic (exact) mass is 432 g/mol. The molecule has 0 spiro atoms. The first-order chi connectivity index (χ1) is 15.6. The van der Waals surface area contributed by atoms with Gasteiger partial charge in [-0.25, -0.2) is 4.79 Å². The Balaban J connectivity index is 1.79. The van der Waals surface area contributed by atoms with Crippen LogP contribution in [-0.2, 0) is 13.0 Å². The third kappa shape index (κ3) is 4.85. The van der Waals surface area contributed by atoms with E-state index in [-0.39, 0.29) is 0 Å². The minimum atomic E-state index is -0.923. The van der Waals surface area contributed by atoms with Gasteiger partial charge in [0.15, 0.2) is 11.5 Å². The second-order valence-electron chi connectivity index (χ2n) is 8.00. The maximum Gasteiger partial charge on any atom is 0.336 e. The average molecular weight is 433 g/mol. The maximum absolute atomic E-state index is 11.9. The van der Waals surface area contributed by atoms with Crippen LogP contribution in [0.25, 0.3) is 0 Å². The summed E-state index contributed by atoms with van der Waals surface area (Å²) in [7, 11) is 1.64. The number of carboxylic acid groups (broad SMARTS) is 1. The molecule has 0 atom stereocenters. The summed E-state index contributed by atoms with van der Waals surface area (Å²) >= 11 is 0. The van der Waals surface area contributed by atoms with Gasteiger partial charge in [0.2, 0.25) is 0 Å². The van der Waals surface area contributed by atoms with Crippen molar-refractivity contribution in [2.75, 3.05) is 18.6 Å². The Morgan fingerprint density at radius 2 is 2.00 bits per heavy atom. The Labute approximate surface area is 188 Å². The highest BCUT2D eigenvalue weighted by molar-refractivity contribution is 5.92. The second kappa shape index (κ2) is 9.73. The normalized spacial score (nSPS) is 12.9. The van der Waals surface area contributed by atoms with Crippen LogP contribution in [0.5, 0.6) is 11.5 Å². The maximum atomic E-state index is 11.9. The molecule has 0 amide bonds. The molecule has 3 aromatic rings. The molecule has 1 fully saturated rings. The van der Waals surface area contributed by atoms with Crippen LogP contribution in [0.15, 0.2) is 60.9 Å². The van der Waals surface area contributed by atoms with E-state index in [0.29, 0.717) is 42.6 Å². The van der Waals surface area contributed by atoms with Crippen LogP contribution in [0.3, 0.4) is 0 Å². The lowest BCUT2D eigenvalue weighted by Gasteiger charge is -2.28. The van der Waals surface area contributed by atoms with E-state index in [0.717, 1.165) is 22.5 Å². The zero-order valence-electron chi connectivity index (χ0n) is 18.5. The minimum Gasteiger partial charge on any atom is -0.493 e. The van der Waals surface area contributed by atoms with Crippen molar-refractivity contribution in [3.8, 4) is 11.5 Å². The molecule has 1 aliphatic rings. The van der Waals surface area contributed by atoms with Gasteiger partial charge < -0.3 is 19.5 Å². The van der Waals surface area contributed by atoms with Gasteiger partial charge in [0.25, 0.3) is 0 Å². The van der Waals surface area contributed by atoms with Gasteiger partial charge in [-0.05, 0) is 66.6 Å². The molecular weight excluding hydrogens is 404 g/mol. The summed E-state index contributed by atoms with van der Waals surface area (Å²) in [6, 6.07) is 15.2. The Hall–Kier alpha value is -3.54. The van der Waals surface area contributed by atoms with Crippen molar-refractivity contribution in [3.63, 3.8) is 0 Å². The summed E-state index contributed by atoms with van der Waals surface area (Å²) in [5.41, 5.74) is 3.89. The first-order valence-corrected chi connectivity index (χ1v) is 10.9. The van der Waals surface area contributed by atoms with Gasteiger partial charge in [-0.1, -0.05) is 19.1 Å². The minimum absolute atomic E-state index is 0.319. The van der Waals surface area contributed by atoms with Gasteiger partial charge in [-0.2, -0.15) is 0 Å². The molecule has 0 unspecified atom stereocenters. The predicted molar refractivity (Wildman–Crippen MR) is 124 cm³/mol. The first-order valence-electron chi connectivity index (χ1n) is 10.9. The Morgan fingerprint density at radius 3 is 2.66 bits per heavy atom. The van der Waals surface area contributed by atoms with E-state index in [1.165, 1.54) is 12.8 Å². The summed E-state index contributed by atoms with van der Waals surface area (Å²) < 4.78 is 11.6. The number of nitrogens with zero attached hydrogens (tertiary/aromatic N) is 2. The van der Waals surface area contributed by atoms with Crippen LogP contribution >= 0.6 is 0 Å². The van der Waals surface area contributed by atoms with Crippen LogP contribution in [0, 0.1) is 5.92 Å². The molecule has 0 radical (unpaired) electrons. The topological polar surface area (TPSA) is 71.9 Å². The number of aromatic carboxylic acids is 1. The highest BCUT2D eigenvalue weighted by Crippen LogP contribution is 2.39. The van der Waals surface area contributed by atoms with Crippen LogP contribution in [0.4, 0.5) is 11.4 Å². The molecule has 166 valence electrons. The third-order valence-electron chi connectivity index (χ3n) is 5.72. The lowest BCUT2D eigenvalue weighted by Crippen LogP contribution is -2.20. The molecule has 2 aromatic carbocycles. The number of methoxy groups -OCH3 is 1. The van der Waals surface area contributed by atoms with Crippen molar-refractivity contribution in [1.82, 2.24) is 4.98 Å². The van der Waals surface area contributed by atoms with Gasteiger partial charge in [0, 0.05) is 36.4 Å². The molecule has 1 aliphatic carbocycles. The molecule has 0 aliphatic heterocycles. The fourth-order valence-corrected chi connectivity index (χ4v) is 3.83. The van der Waals surface area contributed by atoms with Crippen molar-refractivity contribution in [2.24, 2.45) is 5.92 Å². The summed E-state index contributed by atoms with van der Waals surface area (Å²) in [4.78, 5) is 18.2.